The number of hydrogen-bond donors (Lipinski definition) is 0. The van der Waals surface area contributed by atoms with Crippen LogP contribution in [-0.4, -0.2) is 29.1 Å². The van der Waals surface area contributed by atoms with E-state index in [0.29, 0.717) is 11.8 Å². The first kappa shape index (κ1) is 9.50. The van der Waals surface area contributed by atoms with Gasteiger partial charge in [-0.05, 0) is 0 Å². The van der Waals surface area contributed by atoms with Crippen LogP contribution in [0.15, 0.2) is 4.99 Å². The summed E-state index contributed by atoms with van der Waals surface area (Å²) in [5.41, 5.74) is 0. The van der Waals surface area contributed by atoms with Gasteiger partial charge in [0.25, 0.3) is 5.91 Å². The molecule has 1 unspecified atom stereocenters. The predicted octanol–water partition coefficient (Wildman–Crippen LogP) is 1.56. The van der Waals surface area contributed by atoms with Crippen LogP contribution in [0.5, 0.6) is 0 Å². The Hall–Kier alpha value is -0.590. The Kier molecular flexibility index (Phi) is 2.41. The first-order valence-electron chi connectivity index (χ1n) is 2.86. The Morgan fingerprint density at radius 1 is 1.50 bits per heavy atom. The molecule has 1 aliphatic heterocycles. The largest absolute Gasteiger partial charge is 0.426 e. The third kappa shape index (κ3) is 1.96. The summed E-state index contributed by atoms with van der Waals surface area (Å²) in [5.74, 6) is -0.923. The summed E-state index contributed by atoms with van der Waals surface area (Å²) in [7, 11) is 0. The standard InChI is InChI=1S/C5H3F4NOS/c6-3(5(7,8)9)4-10-2(11)1-12-4/h3H,1H2. The maximum atomic E-state index is 12.4. The number of amides is 1. The zero-order valence-electron chi connectivity index (χ0n) is 5.56. The quantitative estimate of drug-likeness (QED) is 0.602. The molecule has 0 aromatic carbocycles. The Labute approximate surface area is 69.0 Å². The summed E-state index contributed by atoms with van der Waals surface area (Å²) in [6, 6.07) is 0. The van der Waals surface area contributed by atoms with Crippen LogP contribution in [0.1, 0.15) is 0 Å². The van der Waals surface area contributed by atoms with E-state index in [1.807, 2.05) is 0 Å². The lowest BCUT2D eigenvalue weighted by Crippen LogP contribution is -2.30. The molecule has 0 aliphatic carbocycles. The van der Waals surface area contributed by atoms with Crippen molar-refractivity contribution < 1.29 is 22.4 Å². The minimum absolute atomic E-state index is 0.203. The molecule has 1 rings (SSSR count). The molecule has 1 aliphatic rings. The van der Waals surface area contributed by atoms with Gasteiger partial charge in [-0.3, -0.25) is 4.79 Å². The number of alkyl halides is 4. The third-order valence-corrected chi connectivity index (χ3v) is 2.07. The lowest BCUT2D eigenvalue weighted by molar-refractivity contribution is -0.159. The maximum Gasteiger partial charge on any atom is 0.426 e. The zero-order valence-corrected chi connectivity index (χ0v) is 6.38. The first-order chi connectivity index (χ1) is 5.41. The van der Waals surface area contributed by atoms with Crippen molar-refractivity contribution in [2.75, 3.05) is 5.75 Å². The highest BCUT2D eigenvalue weighted by Gasteiger charge is 2.45. The molecule has 0 radical (unpaired) electrons. The fourth-order valence-corrected chi connectivity index (χ4v) is 1.38. The predicted molar refractivity (Wildman–Crippen MR) is 35.9 cm³/mol. The number of halogens is 4. The van der Waals surface area contributed by atoms with Crippen LogP contribution in [0.3, 0.4) is 0 Å². The molecular weight excluding hydrogens is 198 g/mol. The van der Waals surface area contributed by atoms with Crippen molar-refractivity contribution in [1.29, 1.82) is 0 Å². The van der Waals surface area contributed by atoms with Crippen LogP contribution in [0, 0.1) is 0 Å². The molecule has 12 heavy (non-hydrogen) atoms. The molecule has 1 amide bonds. The van der Waals surface area contributed by atoms with Crippen molar-refractivity contribution >= 4 is 22.7 Å². The molecule has 1 heterocycles. The minimum atomic E-state index is -4.96. The molecule has 0 aromatic heterocycles. The number of carbonyl (C=O) groups is 1. The first-order valence-corrected chi connectivity index (χ1v) is 3.85. The molecule has 0 fully saturated rings. The average Bonchev–Trinajstić information content (AvgIpc) is 2.32. The van der Waals surface area contributed by atoms with Gasteiger partial charge < -0.3 is 0 Å². The molecule has 0 spiro atoms. The number of rotatable bonds is 1. The third-order valence-electron chi connectivity index (χ3n) is 1.08. The summed E-state index contributed by atoms with van der Waals surface area (Å²) in [6.45, 7) is 0. The fourth-order valence-electron chi connectivity index (χ4n) is 0.593. The van der Waals surface area contributed by atoms with Gasteiger partial charge in [-0.15, -0.1) is 0 Å². The number of hydrogen-bond acceptors (Lipinski definition) is 2. The van der Waals surface area contributed by atoms with Crippen molar-refractivity contribution in [3.63, 3.8) is 0 Å². The normalized spacial score (nSPS) is 21.0. The number of nitrogens with zero attached hydrogens (tertiary/aromatic N) is 1. The molecular formula is C5H3F4NOS. The topological polar surface area (TPSA) is 29.4 Å². The van der Waals surface area contributed by atoms with E-state index in [0.717, 1.165) is 0 Å². The lowest BCUT2D eigenvalue weighted by atomic mass is 10.4. The minimum Gasteiger partial charge on any atom is -0.272 e. The van der Waals surface area contributed by atoms with Gasteiger partial charge >= 0.3 is 6.18 Å². The summed E-state index contributed by atoms with van der Waals surface area (Å²) < 4.78 is 47.3. The highest BCUT2D eigenvalue weighted by Crippen LogP contribution is 2.30. The molecule has 1 atom stereocenters. The van der Waals surface area contributed by atoms with Gasteiger partial charge in [0.1, 0.15) is 5.04 Å². The average molecular weight is 201 g/mol. The van der Waals surface area contributed by atoms with E-state index in [9.17, 15) is 22.4 Å². The molecule has 0 N–H and O–H groups in total. The maximum absolute atomic E-state index is 12.4. The van der Waals surface area contributed by atoms with E-state index in [2.05, 4.69) is 4.99 Å². The van der Waals surface area contributed by atoms with E-state index in [1.54, 1.807) is 0 Å². The number of aliphatic imine (C=N–C) groups is 1. The molecule has 0 bridgehead atoms. The van der Waals surface area contributed by atoms with Crippen LogP contribution in [0.2, 0.25) is 0 Å². The van der Waals surface area contributed by atoms with Crippen LogP contribution in [0.25, 0.3) is 0 Å². The molecule has 68 valence electrons. The van der Waals surface area contributed by atoms with E-state index in [-0.39, 0.29) is 5.75 Å². The summed E-state index contributed by atoms with van der Waals surface area (Å²) in [6.07, 6.45) is -8.08. The van der Waals surface area contributed by atoms with Gasteiger partial charge in [-0.2, -0.15) is 13.2 Å². The number of thioether (sulfide) groups is 1. The molecule has 0 aromatic rings. The molecule has 0 saturated heterocycles. The summed E-state index contributed by atoms with van der Waals surface area (Å²) >= 11 is 0.491. The van der Waals surface area contributed by atoms with E-state index in [1.165, 1.54) is 0 Å². The van der Waals surface area contributed by atoms with Gasteiger partial charge in [0, 0.05) is 0 Å². The van der Waals surface area contributed by atoms with Crippen molar-refractivity contribution in [2.45, 2.75) is 12.3 Å². The summed E-state index contributed by atoms with van der Waals surface area (Å²) in [4.78, 5) is 13.2. The van der Waals surface area contributed by atoms with Crippen molar-refractivity contribution in [3.05, 3.63) is 0 Å². The van der Waals surface area contributed by atoms with E-state index < -0.39 is 23.3 Å². The second-order valence-electron chi connectivity index (χ2n) is 2.04. The second-order valence-corrected chi connectivity index (χ2v) is 3.03. The Morgan fingerprint density at radius 3 is 2.42 bits per heavy atom. The molecule has 0 saturated carbocycles. The van der Waals surface area contributed by atoms with E-state index >= 15 is 0 Å². The highest BCUT2D eigenvalue weighted by atomic mass is 32.2. The Morgan fingerprint density at radius 2 is 2.08 bits per heavy atom. The zero-order chi connectivity index (χ0) is 9.35. The van der Waals surface area contributed by atoms with Crippen molar-refractivity contribution in [3.8, 4) is 0 Å². The lowest BCUT2D eigenvalue weighted by Gasteiger charge is -2.10. The van der Waals surface area contributed by atoms with Gasteiger partial charge in [-0.25, -0.2) is 9.38 Å². The van der Waals surface area contributed by atoms with Crippen molar-refractivity contribution in [1.82, 2.24) is 0 Å². The molecule has 2 nitrogen and oxygen atoms in total. The fraction of sp³-hybridized carbons (Fsp3) is 0.600. The highest BCUT2D eigenvalue weighted by molar-refractivity contribution is 8.15. The van der Waals surface area contributed by atoms with Crippen LogP contribution in [-0.2, 0) is 4.79 Å². The SMILES string of the molecule is O=C1CSC(C(F)C(F)(F)F)=N1. The van der Waals surface area contributed by atoms with Gasteiger partial charge in [-0.1, -0.05) is 11.8 Å². The van der Waals surface area contributed by atoms with Crippen LogP contribution < -0.4 is 0 Å². The van der Waals surface area contributed by atoms with E-state index in [4.69, 9.17) is 0 Å². The van der Waals surface area contributed by atoms with Gasteiger partial charge in [0.2, 0.25) is 6.17 Å². The van der Waals surface area contributed by atoms with Gasteiger partial charge in [0.05, 0.1) is 5.75 Å². The monoisotopic (exact) mass is 201 g/mol. The molecule has 7 heteroatoms. The Balaban J connectivity index is 2.72. The van der Waals surface area contributed by atoms with Gasteiger partial charge in [0.15, 0.2) is 0 Å². The van der Waals surface area contributed by atoms with Crippen molar-refractivity contribution in [2.24, 2.45) is 4.99 Å². The smallest absolute Gasteiger partial charge is 0.272 e. The second kappa shape index (κ2) is 3.04. The van der Waals surface area contributed by atoms with Crippen LogP contribution >= 0.6 is 11.8 Å². The van der Waals surface area contributed by atoms with Crippen LogP contribution in [0.4, 0.5) is 17.6 Å². The Bertz CT molecular complexity index is 236. The summed E-state index contributed by atoms with van der Waals surface area (Å²) in [5, 5.41) is -0.785. The number of carbonyl (C=O) groups excluding carboxylic acids is 1.